The van der Waals surface area contributed by atoms with Crippen LogP contribution in [0.2, 0.25) is 0 Å². The van der Waals surface area contributed by atoms with Crippen molar-refractivity contribution in [2.24, 2.45) is 5.73 Å². The normalized spacial score (nSPS) is 9.94. The molecule has 1 amide bonds. The maximum absolute atomic E-state index is 11.4. The Morgan fingerprint density at radius 1 is 1.28 bits per heavy atom. The highest BCUT2D eigenvalue weighted by Gasteiger charge is 2.06. The van der Waals surface area contributed by atoms with Gasteiger partial charge in [0.1, 0.15) is 18.1 Å². The number of carbonyl (C=O) groups is 1. The number of nitrogens with zero attached hydrogens (tertiary/aromatic N) is 1. The number of hydrogen-bond donors (Lipinski definition) is 1. The SMILES string of the molecule is COc1ccc(OCCN(C)C(=O)CCN)cc1. The topological polar surface area (TPSA) is 64.8 Å². The van der Waals surface area contributed by atoms with Crippen molar-refractivity contribution in [3.05, 3.63) is 24.3 Å². The third kappa shape index (κ3) is 4.63. The van der Waals surface area contributed by atoms with Crippen molar-refractivity contribution in [1.82, 2.24) is 4.90 Å². The molecule has 1 aromatic carbocycles. The first-order chi connectivity index (χ1) is 8.67. The number of benzene rings is 1. The molecule has 0 radical (unpaired) electrons. The lowest BCUT2D eigenvalue weighted by atomic mass is 10.3. The minimum atomic E-state index is 0.0378. The molecule has 0 aromatic heterocycles. The Kier molecular flexibility index (Phi) is 6.00. The van der Waals surface area contributed by atoms with Gasteiger partial charge in [0.25, 0.3) is 0 Å². The molecule has 5 nitrogen and oxygen atoms in total. The maximum Gasteiger partial charge on any atom is 0.223 e. The number of nitrogens with two attached hydrogens (primary N) is 1. The van der Waals surface area contributed by atoms with Gasteiger partial charge in [-0.1, -0.05) is 0 Å². The van der Waals surface area contributed by atoms with Crippen LogP contribution in [0.5, 0.6) is 11.5 Å². The van der Waals surface area contributed by atoms with Crippen LogP contribution >= 0.6 is 0 Å². The van der Waals surface area contributed by atoms with E-state index in [4.69, 9.17) is 15.2 Å². The highest BCUT2D eigenvalue weighted by molar-refractivity contribution is 5.75. The summed E-state index contributed by atoms with van der Waals surface area (Å²) in [6, 6.07) is 7.33. The van der Waals surface area contributed by atoms with Crippen molar-refractivity contribution in [2.45, 2.75) is 6.42 Å². The molecule has 2 N–H and O–H groups in total. The van der Waals surface area contributed by atoms with Gasteiger partial charge in [0.05, 0.1) is 13.7 Å². The van der Waals surface area contributed by atoms with Gasteiger partial charge in [0.2, 0.25) is 5.91 Å². The summed E-state index contributed by atoms with van der Waals surface area (Å²) in [7, 11) is 3.36. The van der Waals surface area contributed by atoms with E-state index in [0.717, 1.165) is 11.5 Å². The number of methoxy groups -OCH3 is 1. The summed E-state index contributed by atoms with van der Waals surface area (Å²) in [4.78, 5) is 13.1. The summed E-state index contributed by atoms with van der Waals surface area (Å²) in [5, 5.41) is 0. The summed E-state index contributed by atoms with van der Waals surface area (Å²) in [5.41, 5.74) is 5.32. The molecule has 0 saturated heterocycles. The number of amides is 1. The molecule has 0 heterocycles. The molecule has 1 rings (SSSR count). The molecule has 0 bridgehead atoms. The van der Waals surface area contributed by atoms with Gasteiger partial charge in [-0.25, -0.2) is 0 Å². The Balaban J connectivity index is 2.30. The fourth-order valence-electron chi connectivity index (χ4n) is 1.41. The van der Waals surface area contributed by atoms with Crippen LogP contribution in [0.25, 0.3) is 0 Å². The van der Waals surface area contributed by atoms with Gasteiger partial charge < -0.3 is 20.1 Å². The second kappa shape index (κ2) is 7.55. The lowest BCUT2D eigenvalue weighted by Gasteiger charge is -2.17. The molecule has 5 heteroatoms. The molecule has 18 heavy (non-hydrogen) atoms. The van der Waals surface area contributed by atoms with E-state index < -0.39 is 0 Å². The fraction of sp³-hybridized carbons (Fsp3) is 0.462. The number of ether oxygens (including phenoxy) is 2. The summed E-state index contributed by atoms with van der Waals surface area (Å²) in [6.45, 7) is 1.38. The van der Waals surface area contributed by atoms with E-state index in [9.17, 15) is 4.79 Å². The van der Waals surface area contributed by atoms with Crippen molar-refractivity contribution in [3.8, 4) is 11.5 Å². The molecule has 0 atom stereocenters. The van der Waals surface area contributed by atoms with Crippen molar-refractivity contribution in [1.29, 1.82) is 0 Å². The van der Waals surface area contributed by atoms with E-state index >= 15 is 0 Å². The van der Waals surface area contributed by atoms with Gasteiger partial charge in [-0.3, -0.25) is 4.79 Å². The summed E-state index contributed by atoms with van der Waals surface area (Å²) >= 11 is 0. The number of hydrogen-bond acceptors (Lipinski definition) is 4. The summed E-state index contributed by atoms with van der Waals surface area (Å²) in [6.07, 6.45) is 0.374. The van der Waals surface area contributed by atoms with Crippen LogP contribution in [0.3, 0.4) is 0 Å². The molecule has 100 valence electrons. The third-order valence-electron chi connectivity index (χ3n) is 2.54. The van der Waals surface area contributed by atoms with Crippen LogP contribution in [-0.2, 0) is 4.79 Å². The lowest BCUT2D eigenvalue weighted by Crippen LogP contribution is -2.32. The maximum atomic E-state index is 11.4. The predicted molar refractivity (Wildman–Crippen MR) is 69.8 cm³/mol. The van der Waals surface area contributed by atoms with Crippen molar-refractivity contribution < 1.29 is 14.3 Å². The van der Waals surface area contributed by atoms with Gasteiger partial charge in [-0.2, -0.15) is 0 Å². The third-order valence-corrected chi connectivity index (χ3v) is 2.54. The van der Waals surface area contributed by atoms with E-state index in [1.165, 1.54) is 0 Å². The van der Waals surface area contributed by atoms with Crippen LogP contribution in [0.15, 0.2) is 24.3 Å². The van der Waals surface area contributed by atoms with Crippen LogP contribution in [0.1, 0.15) is 6.42 Å². The molecule has 0 aliphatic rings. The molecule has 0 unspecified atom stereocenters. The van der Waals surface area contributed by atoms with E-state index in [-0.39, 0.29) is 5.91 Å². The molecule has 0 fully saturated rings. The second-order valence-electron chi connectivity index (χ2n) is 3.88. The highest BCUT2D eigenvalue weighted by atomic mass is 16.5. The van der Waals surface area contributed by atoms with Gasteiger partial charge in [0, 0.05) is 20.0 Å². The number of carbonyl (C=O) groups excluding carboxylic acids is 1. The average molecular weight is 252 g/mol. The zero-order chi connectivity index (χ0) is 13.4. The van der Waals surface area contributed by atoms with Crippen molar-refractivity contribution >= 4 is 5.91 Å². The predicted octanol–water partition coefficient (Wildman–Crippen LogP) is 0.881. The van der Waals surface area contributed by atoms with Gasteiger partial charge in [0.15, 0.2) is 0 Å². The molecule has 0 aliphatic heterocycles. The summed E-state index contributed by atoms with van der Waals surface area (Å²) in [5.74, 6) is 1.59. The minimum absolute atomic E-state index is 0.0378. The smallest absolute Gasteiger partial charge is 0.223 e. The van der Waals surface area contributed by atoms with E-state index in [1.807, 2.05) is 24.3 Å². The molecule has 0 saturated carbocycles. The molecule has 1 aromatic rings. The zero-order valence-corrected chi connectivity index (χ0v) is 10.9. The Morgan fingerprint density at radius 3 is 2.44 bits per heavy atom. The first-order valence-corrected chi connectivity index (χ1v) is 5.88. The standard InChI is InChI=1S/C13H20N2O3/c1-15(13(16)7-8-14)9-10-18-12-5-3-11(17-2)4-6-12/h3-6H,7-10,14H2,1-2H3. The Hall–Kier alpha value is -1.75. The number of rotatable bonds is 7. The average Bonchev–Trinajstić information content (AvgIpc) is 2.39. The first kappa shape index (κ1) is 14.3. The quantitative estimate of drug-likeness (QED) is 0.782. The van der Waals surface area contributed by atoms with E-state index in [1.54, 1.807) is 19.1 Å². The molecular formula is C13H20N2O3. The van der Waals surface area contributed by atoms with E-state index in [2.05, 4.69) is 0 Å². The minimum Gasteiger partial charge on any atom is -0.497 e. The van der Waals surface area contributed by atoms with Crippen LogP contribution < -0.4 is 15.2 Å². The Bertz CT molecular complexity index is 365. The van der Waals surface area contributed by atoms with Crippen molar-refractivity contribution in [2.75, 3.05) is 33.9 Å². The van der Waals surface area contributed by atoms with Crippen LogP contribution in [0, 0.1) is 0 Å². The second-order valence-corrected chi connectivity index (χ2v) is 3.88. The largest absolute Gasteiger partial charge is 0.497 e. The molecule has 0 spiro atoms. The van der Waals surface area contributed by atoms with Gasteiger partial charge in [-0.15, -0.1) is 0 Å². The first-order valence-electron chi connectivity index (χ1n) is 5.88. The van der Waals surface area contributed by atoms with Gasteiger partial charge >= 0.3 is 0 Å². The Morgan fingerprint density at radius 2 is 1.89 bits per heavy atom. The zero-order valence-electron chi connectivity index (χ0n) is 10.9. The molecule has 0 aliphatic carbocycles. The highest BCUT2D eigenvalue weighted by Crippen LogP contribution is 2.16. The van der Waals surface area contributed by atoms with Gasteiger partial charge in [-0.05, 0) is 24.3 Å². The lowest BCUT2D eigenvalue weighted by molar-refractivity contribution is -0.130. The molecular weight excluding hydrogens is 232 g/mol. The van der Waals surface area contributed by atoms with Crippen molar-refractivity contribution in [3.63, 3.8) is 0 Å². The van der Waals surface area contributed by atoms with E-state index in [0.29, 0.717) is 26.1 Å². The Labute approximate surface area is 107 Å². The monoisotopic (exact) mass is 252 g/mol. The number of likely N-dealkylation sites (N-methyl/N-ethyl adjacent to an activating group) is 1. The fourth-order valence-corrected chi connectivity index (χ4v) is 1.41. The summed E-state index contributed by atoms with van der Waals surface area (Å²) < 4.78 is 10.6. The van der Waals surface area contributed by atoms with Crippen LogP contribution in [-0.4, -0.2) is 44.7 Å². The van der Waals surface area contributed by atoms with Crippen LogP contribution in [0.4, 0.5) is 0 Å².